The first kappa shape index (κ1) is 13.7. The van der Waals surface area contributed by atoms with Crippen LogP contribution in [0, 0.1) is 23.2 Å². The number of rotatable bonds is 2. The van der Waals surface area contributed by atoms with Crippen LogP contribution in [0.15, 0.2) is 24.5 Å². The number of carbonyl (C=O) groups is 1. The lowest BCUT2D eigenvalue weighted by Crippen LogP contribution is -2.13. The number of nitrogens with zero attached hydrogens (tertiary/aromatic N) is 3. The quantitative estimate of drug-likeness (QED) is 0.802. The molecule has 2 aromatic rings. The van der Waals surface area contributed by atoms with Crippen molar-refractivity contribution < 1.29 is 9.90 Å². The molecule has 0 saturated carbocycles. The average Bonchev–Trinajstić information content (AvgIpc) is 2.92. The number of aromatic nitrogens is 2. The van der Waals surface area contributed by atoms with Crippen LogP contribution in [0.2, 0.25) is 0 Å². The number of amides is 1. The number of aliphatic hydroxyl groups is 1. The Balaban J connectivity index is 2.07. The van der Waals surface area contributed by atoms with Gasteiger partial charge in [-0.15, -0.1) is 0 Å². The Hall–Kier alpha value is -2.74. The van der Waals surface area contributed by atoms with Crippen LogP contribution in [-0.4, -0.2) is 27.6 Å². The van der Waals surface area contributed by atoms with Crippen LogP contribution >= 0.6 is 11.3 Å². The molecule has 0 fully saturated rings. The SMILES string of the molecule is N#Cc1ccc(C(=O)Nc2ncc(C#CCO)s2)nc1. The average molecular weight is 284 g/mol. The van der Waals surface area contributed by atoms with E-state index in [-0.39, 0.29) is 12.3 Å². The third-order valence-corrected chi connectivity index (χ3v) is 2.97. The second kappa shape index (κ2) is 6.43. The third-order valence-electron chi connectivity index (χ3n) is 2.14. The standard InChI is InChI=1S/C13H8N4O2S/c14-6-9-3-4-11(15-7-9)12(19)17-13-16-8-10(20-13)2-1-5-18/h3-4,7-8,18H,5H2,(H,16,17,19). The van der Waals surface area contributed by atoms with E-state index < -0.39 is 5.91 Å². The Labute approximate surface area is 118 Å². The fourth-order valence-corrected chi connectivity index (χ4v) is 1.96. The van der Waals surface area contributed by atoms with E-state index in [2.05, 4.69) is 27.1 Å². The van der Waals surface area contributed by atoms with Crippen LogP contribution < -0.4 is 5.32 Å². The van der Waals surface area contributed by atoms with Crippen LogP contribution in [0.4, 0.5) is 5.13 Å². The lowest BCUT2D eigenvalue weighted by molar-refractivity contribution is 0.102. The molecule has 0 bridgehead atoms. The smallest absolute Gasteiger partial charge is 0.276 e. The van der Waals surface area contributed by atoms with Crippen molar-refractivity contribution in [2.45, 2.75) is 0 Å². The molecule has 0 aliphatic carbocycles. The van der Waals surface area contributed by atoms with Gasteiger partial charge in [0.15, 0.2) is 5.13 Å². The van der Waals surface area contributed by atoms with Gasteiger partial charge in [-0.2, -0.15) is 5.26 Å². The Bertz CT molecular complexity index is 719. The molecule has 20 heavy (non-hydrogen) atoms. The first-order valence-corrected chi connectivity index (χ1v) is 6.27. The van der Waals surface area contributed by atoms with Gasteiger partial charge in [0, 0.05) is 6.20 Å². The van der Waals surface area contributed by atoms with Crippen molar-refractivity contribution in [3.05, 3.63) is 40.7 Å². The minimum atomic E-state index is -0.412. The maximum Gasteiger partial charge on any atom is 0.276 e. The molecule has 6 nitrogen and oxygen atoms in total. The normalized spacial score (nSPS) is 9.20. The van der Waals surface area contributed by atoms with E-state index in [4.69, 9.17) is 10.4 Å². The highest BCUT2D eigenvalue weighted by atomic mass is 32.1. The molecule has 0 radical (unpaired) electrons. The van der Waals surface area contributed by atoms with Gasteiger partial charge >= 0.3 is 0 Å². The number of nitriles is 1. The van der Waals surface area contributed by atoms with Gasteiger partial charge < -0.3 is 5.11 Å². The highest BCUT2D eigenvalue weighted by molar-refractivity contribution is 7.16. The minimum Gasteiger partial charge on any atom is -0.384 e. The van der Waals surface area contributed by atoms with Gasteiger partial charge in [0.1, 0.15) is 18.4 Å². The molecule has 0 spiro atoms. The fraction of sp³-hybridized carbons (Fsp3) is 0.0769. The summed E-state index contributed by atoms with van der Waals surface area (Å²) in [6, 6.07) is 4.91. The Morgan fingerprint density at radius 1 is 1.40 bits per heavy atom. The second-order valence-electron chi connectivity index (χ2n) is 3.49. The van der Waals surface area contributed by atoms with Gasteiger partial charge in [-0.3, -0.25) is 10.1 Å². The van der Waals surface area contributed by atoms with Crippen molar-refractivity contribution in [1.82, 2.24) is 9.97 Å². The van der Waals surface area contributed by atoms with E-state index in [0.29, 0.717) is 15.6 Å². The summed E-state index contributed by atoms with van der Waals surface area (Å²) in [5, 5.41) is 20.2. The summed E-state index contributed by atoms with van der Waals surface area (Å²) in [5.41, 5.74) is 0.583. The van der Waals surface area contributed by atoms with E-state index >= 15 is 0 Å². The minimum absolute atomic E-state index is 0.196. The lowest BCUT2D eigenvalue weighted by Gasteiger charge is -2.00. The molecule has 7 heteroatoms. The summed E-state index contributed by atoms with van der Waals surface area (Å²) < 4.78 is 0. The number of thiazole rings is 1. The molecule has 0 aliphatic heterocycles. The fourth-order valence-electron chi connectivity index (χ4n) is 1.27. The maximum absolute atomic E-state index is 11.9. The second-order valence-corrected chi connectivity index (χ2v) is 4.52. The molecule has 0 atom stereocenters. The molecule has 0 aromatic carbocycles. The largest absolute Gasteiger partial charge is 0.384 e. The molecule has 2 aromatic heterocycles. The van der Waals surface area contributed by atoms with Crippen LogP contribution in [0.1, 0.15) is 20.9 Å². The van der Waals surface area contributed by atoms with E-state index in [1.807, 2.05) is 6.07 Å². The number of nitrogens with one attached hydrogen (secondary N) is 1. The highest BCUT2D eigenvalue weighted by Gasteiger charge is 2.09. The first-order valence-electron chi connectivity index (χ1n) is 5.46. The van der Waals surface area contributed by atoms with Gasteiger partial charge in [-0.05, 0) is 12.1 Å². The summed E-state index contributed by atoms with van der Waals surface area (Å²) in [7, 11) is 0. The molecule has 98 valence electrons. The number of anilines is 1. The summed E-state index contributed by atoms with van der Waals surface area (Å²) in [6.45, 7) is -0.227. The Morgan fingerprint density at radius 2 is 2.25 bits per heavy atom. The Kier molecular flexibility index (Phi) is 4.40. The molecular weight excluding hydrogens is 276 g/mol. The van der Waals surface area contributed by atoms with Crippen molar-refractivity contribution >= 4 is 22.4 Å². The third kappa shape index (κ3) is 3.39. The van der Waals surface area contributed by atoms with Crippen molar-refractivity contribution in [1.29, 1.82) is 5.26 Å². The molecule has 0 saturated heterocycles. The zero-order valence-electron chi connectivity index (χ0n) is 10.1. The predicted molar refractivity (Wildman–Crippen MR) is 73.0 cm³/mol. The van der Waals surface area contributed by atoms with Crippen molar-refractivity contribution in [2.75, 3.05) is 11.9 Å². The number of pyridine rings is 1. The summed E-state index contributed by atoms with van der Waals surface area (Å²) in [5.74, 6) is 4.78. The van der Waals surface area contributed by atoms with Gasteiger partial charge in [0.2, 0.25) is 0 Å². The number of hydrogen-bond donors (Lipinski definition) is 2. The van der Waals surface area contributed by atoms with Gasteiger partial charge in [0.05, 0.1) is 16.6 Å². The molecular formula is C13H8N4O2S. The number of carbonyl (C=O) groups excluding carboxylic acids is 1. The van der Waals surface area contributed by atoms with E-state index in [1.165, 1.54) is 35.9 Å². The van der Waals surface area contributed by atoms with Gasteiger partial charge in [0.25, 0.3) is 5.91 Å². The van der Waals surface area contributed by atoms with Crippen molar-refractivity contribution in [3.8, 4) is 17.9 Å². The zero-order valence-corrected chi connectivity index (χ0v) is 10.9. The summed E-state index contributed by atoms with van der Waals surface area (Å²) in [6.07, 6.45) is 2.84. The molecule has 2 heterocycles. The first-order chi connectivity index (χ1) is 9.72. The highest BCUT2D eigenvalue weighted by Crippen LogP contribution is 2.17. The van der Waals surface area contributed by atoms with E-state index in [1.54, 1.807) is 0 Å². The number of aliphatic hydroxyl groups excluding tert-OH is 1. The van der Waals surface area contributed by atoms with Crippen LogP contribution in [0.3, 0.4) is 0 Å². The molecule has 2 N–H and O–H groups in total. The van der Waals surface area contributed by atoms with Gasteiger partial charge in [-0.25, -0.2) is 9.97 Å². The molecule has 0 aliphatic rings. The number of hydrogen-bond acceptors (Lipinski definition) is 6. The van der Waals surface area contributed by atoms with Gasteiger partial charge in [-0.1, -0.05) is 23.2 Å². The molecule has 1 amide bonds. The molecule has 2 rings (SSSR count). The monoisotopic (exact) mass is 284 g/mol. The maximum atomic E-state index is 11.9. The predicted octanol–water partition coefficient (Wildman–Crippen LogP) is 1.01. The summed E-state index contributed by atoms with van der Waals surface area (Å²) in [4.78, 5) is 20.4. The topological polar surface area (TPSA) is 98.9 Å². The molecule has 0 unspecified atom stereocenters. The van der Waals surface area contributed by atoms with E-state index in [9.17, 15) is 4.79 Å². The van der Waals surface area contributed by atoms with Crippen LogP contribution in [-0.2, 0) is 0 Å². The lowest BCUT2D eigenvalue weighted by atomic mass is 10.2. The van der Waals surface area contributed by atoms with Crippen molar-refractivity contribution in [3.63, 3.8) is 0 Å². The van der Waals surface area contributed by atoms with E-state index in [0.717, 1.165) is 0 Å². The van der Waals surface area contributed by atoms with Crippen molar-refractivity contribution in [2.24, 2.45) is 0 Å². The van der Waals surface area contributed by atoms with Crippen LogP contribution in [0.25, 0.3) is 0 Å². The van der Waals surface area contributed by atoms with Crippen LogP contribution in [0.5, 0.6) is 0 Å². The summed E-state index contributed by atoms with van der Waals surface area (Å²) >= 11 is 1.20. The zero-order chi connectivity index (χ0) is 14.4. The Morgan fingerprint density at radius 3 is 2.90 bits per heavy atom.